The van der Waals surface area contributed by atoms with Gasteiger partial charge in [-0.25, -0.2) is 0 Å². The van der Waals surface area contributed by atoms with E-state index in [4.69, 9.17) is 0 Å². The molecule has 0 rings (SSSR count). The fraction of sp³-hybridized carbons (Fsp3) is 0. The van der Waals surface area contributed by atoms with Crippen molar-refractivity contribution < 1.29 is 96.7 Å². The van der Waals surface area contributed by atoms with E-state index in [9.17, 15) is 0 Å². The Kier molecular flexibility index (Phi) is 119. The largest absolute Gasteiger partial charge is 3.00 e. The third-order valence-electron chi connectivity index (χ3n) is 0. The maximum atomic E-state index is 0. The molecule has 1 nitrogen and oxygen atoms in total. The second-order valence-corrected chi connectivity index (χ2v) is 0. The number of halogens is 1. The van der Waals surface area contributed by atoms with Crippen LogP contribution >= 0.6 is 0 Å². The first-order valence-electron chi connectivity index (χ1n) is 0. The SMILES string of the molecule is [Br-].[La+3].[O-2].[Tb+3]. The van der Waals surface area contributed by atoms with Crippen LogP contribution in [0.25, 0.3) is 0 Å². The zero-order chi connectivity index (χ0) is 0. The molecule has 4 heteroatoms. The maximum Gasteiger partial charge on any atom is 3.00 e. The molecule has 0 N–H and O–H groups in total. The second kappa shape index (κ2) is 16.8. The summed E-state index contributed by atoms with van der Waals surface area (Å²) >= 11 is 0. The van der Waals surface area contributed by atoms with E-state index in [0.717, 1.165) is 0 Å². The van der Waals surface area contributed by atoms with Crippen molar-refractivity contribution >= 4 is 0 Å². The van der Waals surface area contributed by atoms with E-state index in [2.05, 4.69) is 0 Å². The monoisotopic (exact) mass is 393 g/mol. The normalized spacial score (nSPS) is 0. The molecule has 0 radical (unpaired) electrons. The van der Waals surface area contributed by atoms with Gasteiger partial charge in [-0.3, -0.25) is 0 Å². The van der Waals surface area contributed by atoms with Gasteiger partial charge in [0.15, 0.2) is 0 Å². The van der Waals surface area contributed by atoms with Gasteiger partial charge in [-0.15, -0.1) is 0 Å². The Morgan fingerprint density at radius 2 is 1.00 bits per heavy atom. The molecule has 0 fully saturated rings. The Labute approximate surface area is 94.4 Å². The van der Waals surface area contributed by atoms with Crippen LogP contribution in [0.1, 0.15) is 0 Å². The molecule has 0 unspecified atom stereocenters. The smallest absolute Gasteiger partial charge is 2.00 e. The van der Waals surface area contributed by atoms with Crippen molar-refractivity contribution in [2.24, 2.45) is 0 Å². The van der Waals surface area contributed by atoms with Gasteiger partial charge in [0.25, 0.3) is 0 Å². The zero-order valence-electron chi connectivity index (χ0n) is 1.70. The average molecular weight is 394 g/mol. The average Bonchev–Trinajstić information content (AvgIpc) is 0. The molecule has 0 heterocycles. The van der Waals surface area contributed by atoms with Crippen LogP contribution in [0, 0.1) is 74.2 Å². The van der Waals surface area contributed by atoms with Crippen LogP contribution < -0.4 is 17.0 Å². The fourth-order valence-electron chi connectivity index (χ4n) is 0. The first kappa shape index (κ1) is 28.4. The fourth-order valence-corrected chi connectivity index (χ4v) is 0. The summed E-state index contributed by atoms with van der Waals surface area (Å²) in [6, 6.07) is 0. The molecule has 0 saturated heterocycles. The summed E-state index contributed by atoms with van der Waals surface area (Å²) < 4.78 is 0. The molecule has 0 saturated carbocycles. The summed E-state index contributed by atoms with van der Waals surface area (Å²) in [6.45, 7) is 0. The molecule has 0 aromatic heterocycles. The maximum absolute atomic E-state index is 0. The van der Waals surface area contributed by atoms with Crippen LogP contribution in [-0.2, 0) is 5.48 Å². The van der Waals surface area contributed by atoms with Crippen molar-refractivity contribution in [3.05, 3.63) is 0 Å². The third kappa shape index (κ3) is 8.87. The van der Waals surface area contributed by atoms with E-state index in [-0.39, 0.29) is 96.7 Å². The topological polar surface area (TPSA) is 28.5 Å². The Morgan fingerprint density at radius 1 is 1.00 bits per heavy atom. The molecule has 0 aliphatic heterocycles. The van der Waals surface area contributed by atoms with Crippen LogP contribution in [0.4, 0.5) is 0 Å². The molecule has 0 aliphatic rings. The van der Waals surface area contributed by atoms with Crippen LogP contribution in [0.15, 0.2) is 0 Å². The molecule has 0 amide bonds. The van der Waals surface area contributed by atoms with Gasteiger partial charge >= 0.3 is 74.2 Å². The second-order valence-electron chi connectivity index (χ2n) is 0. The van der Waals surface area contributed by atoms with Crippen molar-refractivity contribution in [3.8, 4) is 0 Å². The molecule has 0 aromatic rings. The van der Waals surface area contributed by atoms with Crippen molar-refractivity contribution in [2.45, 2.75) is 0 Å². The van der Waals surface area contributed by atoms with Gasteiger partial charge in [0.05, 0.1) is 0 Å². The van der Waals surface area contributed by atoms with E-state index in [1.165, 1.54) is 0 Å². The van der Waals surface area contributed by atoms with Gasteiger partial charge in [-0.2, -0.15) is 0 Å². The van der Waals surface area contributed by atoms with Crippen molar-refractivity contribution in [3.63, 3.8) is 0 Å². The molecule has 0 aromatic carbocycles. The summed E-state index contributed by atoms with van der Waals surface area (Å²) in [7, 11) is 0. The van der Waals surface area contributed by atoms with Crippen molar-refractivity contribution in [2.75, 3.05) is 0 Å². The van der Waals surface area contributed by atoms with Gasteiger partial charge in [0, 0.05) is 0 Å². The minimum absolute atomic E-state index is 0. The molecule has 22 valence electrons. The van der Waals surface area contributed by atoms with Crippen LogP contribution in [0.5, 0.6) is 0 Å². The summed E-state index contributed by atoms with van der Waals surface area (Å²) in [5.74, 6) is 0. The number of hydrogen-bond acceptors (Lipinski definition) is 0. The molecule has 0 aliphatic carbocycles. The van der Waals surface area contributed by atoms with Crippen molar-refractivity contribution in [1.82, 2.24) is 0 Å². The zero-order valence-corrected chi connectivity index (χ0v) is 9.05. The summed E-state index contributed by atoms with van der Waals surface area (Å²) in [4.78, 5) is 0. The Balaban J connectivity index is 0. The Morgan fingerprint density at radius 3 is 1.00 bits per heavy atom. The van der Waals surface area contributed by atoms with E-state index in [0.29, 0.717) is 0 Å². The first-order chi connectivity index (χ1) is 0. The minimum Gasteiger partial charge on any atom is -2.00 e. The van der Waals surface area contributed by atoms with E-state index in [1.54, 1.807) is 0 Å². The molecule has 0 atom stereocenters. The van der Waals surface area contributed by atoms with Gasteiger partial charge in [-0.05, 0) is 0 Å². The molecular weight excluding hydrogens is 394 g/mol. The van der Waals surface area contributed by atoms with Crippen LogP contribution in [0.2, 0.25) is 0 Å². The predicted octanol–water partition coefficient (Wildman–Crippen LogP) is -3.11. The summed E-state index contributed by atoms with van der Waals surface area (Å²) in [5.41, 5.74) is 0. The third-order valence-corrected chi connectivity index (χ3v) is 0. The standard InChI is InChI=1S/BrH.La.O.Tb/h1H;;;/q;+3;-2;+3/p-1. The molecular formula is BrLaOTb+3. The van der Waals surface area contributed by atoms with E-state index < -0.39 is 0 Å². The molecule has 4 heavy (non-hydrogen) atoms. The van der Waals surface area contributed by atoms with Gasteiger partial charge in [0.1, 0.15) is 0 Å². The minimum atomic E-state index is 0. The van der Waals surface area contributed by atoms with Gasteiger partial charge in [-0.1, -0.05) is 0 Å². The number of rotatable bonds is 0. The van der Waals surface area contributed by atoms with Crippen LogP contribution in [-0.4, -0.2) is 0 Å². The Hall–Kier alpha value is 2.92. The van der Waals surface area contributed by atoms with Crippen molar-refractivity contribution in [1.29, 1.82) is 0 Å². The Bertz CT molecular complexity index is 8.00. The number of hydrogen-bond donors (Lipinski definition) is 0. The molecule has 0 bridgehead atoms. The van der Waals surface area contributed by atoms with Gasteiger partial charge < -0.3 is 22.5 Å². The van der Waals surface area contributed by atoms with Crippen LogP contribution in [0.3, 0.4) is 0 Å². The van der Waals surface area contributed by atoms with E-state index in [1.807, 2.05) is 0 Å². The molecule has 0 spiro atoms. The summed E-state index contributed by atoms with van der Waals surface area (Å²) in [5, 5.41) is 0. The summed E-state index contributed by atoms with van der Waals surface area (Å²) in [6.07, 6.45) is 0. The quantitative estimate of drug-likeness (QED) is 0.417. The predicted molar refractivity (Wildman–Crippen MR) is 0.686 cm³/mol. The first-order valence-corrected chi connectivity index (χ1v) is 0. The van der Waals surface area contributed by atoms with E-state index >= 15 is 0 Å². The van der Waals surface area contributed by atoms with Gasteiger partial charge in [0.2, 0.25) is 0 Å².